The van der Waals surface area contributed by atoms with Gasteiger partial charge in [0.05, 0.1) is 11.8 Å². The molecule has 2 aliphatic rings. The Hall–Kier alpha value is -3.15. The summed E-state index contributed by atoms with van der Waals surface area (Å²) in [5.41, 5.74) is 2.59. The molecule has 1 aliphatic carbocycles. The number of rotatable bonds is 6. The molecule has 2 N–H and O–H groups in total. The van der Waals surface area contributed by atoms with Gasteiger partial charge < -0.3 is 10.6 Å². The zero-order valence-corrected chi connectivity index (χ0v) is 16.3. The molecule has 4 rings (SSSR count). The molecule has 0 aromatic heterocycles. The quantitative estimate of drug-likeness (QED) is 0.731. The molecule has 6 nitrogen and oxygen atoms in total. The number of fused-ring (bicyclic) bond motifs is 1. The van der Waals surface area contributed by atoms with Crippen LogP contribution < -0.4 is 10.6 Å². The van der Waals surface area contributed by atoms with E-state index in [4.69, 9.17) is 0 Å². The smallest absolute Gasteiger partial charge is 0.233 e. The summed E-state index contributed by atoms with van der Waals surface area (Å²) in [6, 6.07) is 17.3. The van der Waals surface area contributed by atoms with Crippen LogP contribution in [0.5, 0.6) is 0 Å². The second kappa shape index (κ2) is 8.47. The Labute approximate surface area is 170 Å². The number of nitrogens with zero attached hydrogens (tertiary/aromatic N) is 1. The molecule has 3 amide bonds. The molecule has 2 aromatic rings. The van der Waals surface area contributed by atoms with Crippen LogP contribution >= 0.6 is 0 Å². The first-order chi connectivity index (χ1) is 14.1. The Morgan fingerprint density at radius 3 is 2.00 bits per heavy atom. The minimum Gasteiger partial charge on any atom is -0.356 e. The zero-order valence-electron chi connectivity index (χ0n) is 16.3. The Balaban J connectivity index is 1.28. The molecular formula is C23H25N3O3. The first-order valence-corrected chi connectivity index (χ1v) is 10.2. The average Bonchev–Trinajstić information content (AvgIpc) is 2.99. The van der Waals surface area contributed by atoms with Crippen molar-refractivity contribution in [3.63, 3.8) is 0 Å². The summed E-state index contributed by atoms with van der Waals surface area (Å²) in [6.45, 7) is 0.157. The third-order valence-corrected chi connectivity index (χ3v) is 5.73. The summed E-state index contributed by atoms with van der Waals surface area (Å²) < 4.78 is 0. The lowest BCUT2D eigenvalue weighted by Crippen LogP contribution is -2.34. The molecule has 29 heavy (non-hydrogen) atoms. The van der Waals surface area contributed by atoms with Gasteiger partial charge >= 0.3 is 0 Å². The summed E-state index contributed by atoms with van der Waals surface area (Å²) in [6.07, 6.45) is 3.71. The van der Waals surface area contributed by atoms with Crippen molar-refractivity contribution in [1.29, 1.82) is 0 Å². The van der Waals surface area contributed by atoms with Gasteiger partial charge in [0.2, 0.25) is 17.7 Å². The molecule has 150 valence electrons. The summed E-state index contributed by atoms with van der Waals surface area (Å²) in [7, 11) is 0. The standard InChI is InChI=1S/C23H25N3O3/c27-21(14-15-26-22(28)19-8-4-5-9-20(19)23(26)29)25-18-12-10-17(11-13-18)24-16-6-2-1-3-7-16/h1-3,6-7,10-13,19-20,24H,4-5,8-9,14-15H2,(H,25,27)/t19-,20+. The highest BCUT2D eigenvalue weighted by atomic mass is 16.2. The van der Waals surface area contributed by atoms with E-state index in [2.05, 4.69) is 10.6 Å². The highest BCUT2D eigenvalue weighted by Crippen LogP contribution is 2.38. The van der Waals surface area contributed by atoms with Gasteiger partial charge in [0.1, 0.15) is 0 Å². The predicted molar refractivity (Wildman–Crippen MR) is 112 cm³/mol. The van der Waals surface area contributed by atoms with Gasteiger partial charge in [0.15, 0.2) is 0 Å². The van der Waals surface area contributed by atoms with Crippen molar-refractivity contribution in [1.82, 2.24) is 4.90 Å². The molecule has 2 fully saturated rings. The van der Waals surface area contributed by atoms with Gasteiger partial charge in [-0.2, -0.15) is 0 Å². The van der Waals surface area contributed by atoms with Crippen LogP contribution in [0.3, 0.4) is 0 Å². The van der Waals surface area contributed by atoms with Gasteiger partial charge in [-0.15, -0.1) is 0 Å². The molecule has 0 spiro atoms. The van der Waals surface area contributed by atoms with E-state index in [1.807, 2.05) is 54.6 Å². The maximum atomic E-state index is 12.5. The molecule has 0 radical (unpaired) electrons. The number of carbonyl (C=O) groups is 3. The van der Waals surface area contributed by atoms with E-state index in [0.29, 0.717) is 5.69 Å². The lowest BCUT2D eigenvalue weighted by atomic mass is 9.81. The Bertz CT molecular complexity index is 871. The van der Waals surface area contributed by atoms with Crippen molar-refractivity contribution in [3.05, 3.63) is 54.6 Å². The van der Waals surface area contributed by atoms with Gasteiger partial charge in [-0.3, -0.25) is 19.3 Å². The van der Waals surface area contributed by atoms with Crippen molar-refractivity contribution < 1.29 is 14.4 Å². The van der Waals surface area contributed by atoms with Crippen LogP contribution in [0.4, 0.5) is 17.1 Å². The fourth-order valence-corrected chi connectivity index (χ4v) is 4.21. The van der Waals surface area contributed by atoms with Gasteiger partial charge in [-0.05, 0) is 49.2 Å². The summed E-state index contributed by atoms with van der Waals surface area (Å²) >= 11 is 0. The van der Waals surface area contributed by atoms with Crippen molar-refractivity contribution in [2.24, 2.45) is 11.8 Å². The number of imide groups is 1. The van der Waals surface area contributed by atoms with E-state index >= 15 is 0 Å². The number of para-hydroxylation sites is 1. The lowest BCUT2D eigenvalue weighted by Gasteiger charge is -2.19. The van der Waals surface area contributed by atoms with Crippen molar-refractivity contribution in [3.8, 4) is 0 Å². The van der Waals surface area contributed by atoms with Gasteiger partial charge in [0, 0.05) is 30.0 Å². The second-order valence-electron chi connectivity index (χ2n) is 7.69. The molecule has 1 heterocycles. The first-order valence-electron chi connectivity index (χ1n) is 10.2. The van der Waals surface area contributed by atoms with Gasteiger partial charge in [-0.1, -0.05) is 31.0 Å². The topological polar surface area (TPSA) is 78.5 Å². The van der Waals surface area contributed by atoms with Crippen LogP contribution in [0.15, 0.2) is 54.6 Å². The van der Waals surface area contributed by atoms with E-state index < -0.39 is 0 Å². The molecule has 1 aliphatic heterocycles. The van der Waals surface area contributed by atoms with Crippen molar-refractivity contribution in [2.75, 3.05) is 17.2 Å². The van der Waals surface area contributed by atoms with E-state index in [1.54, 1.807) is 0 Å². The van der Waals surface area contributed by atoms with Crippen LogP contribution in [-0.2, 0) is 14.4 Å². The van der Waals surface area contributed by atoms with Crippen LogP contribution in [0.1, 0.15) is 32.1 Å². The molecule has 6 heteroatoms. The zero-order chi connectivity index (χ0) is 20.2. The second-order valence-corrected chi connectivity index (χ2v) is 7.69. The van der Waals surface area contributed by atoms with Crippen LogP contribution in [0, 0.1) is 11.8 Å². The number of hydrogen-bond donors (Lipinski definition) is 2. The van der Waals surface area contributed by atoms with Crippen LogP contribution in [-0.4, -0.2) is 29.2 Å². The SMILES string of the molecule is O=C(CCN1C(=O)[C@H]2CCCC[C@H]2C1=O)Nc1ccc(Nc2ccccc2)cc1. The molecule has 1 saturated carbocycles. The van der Waals surface area contributed by atoms with Crippen LogP contribution in [0.25, 0.3) is 0 Å². The highest BCUT2D eigenvalue weighted by Gasteiger charge is 2.47. The Morgan fingerprint density at radius 1 is 0.828 bits per heavy atom. The number of likely N-dealkylation sites (tertiary alicyclic amines) is 1. The molecule has 2 atom stereocenters. The number of amides is 3. The van der Waals surface area contributed by atoms with Crippen molar-refractivity contribution >= 4 is 34.8 Å². The largest absolute Gasteiger partial charge is 0.356 e. The third-order valence-electron chi connectivity index (χ3n) is 5.73. The normalized spacial score (nSPS) is 21.0. The number of nitrogens with one attached hydrogen (secondary N) is 2. The summed E-state index contributed by atoms with van der Waals surface area (Å²) in [5.74, 6) is -0.718. The highest BCUT2D eigenvalue weighted by molar-refractivity contribution is 6.05. The molecule has 0 unspecified atom stereocenters. The Morgan fingerprint density at radius 2 is 1.38 bits per heavy atom. The van der Waals surface area contributed by atoms with Gasteiger partial charge in [-0.25, -0.2) is 0 Å². The maximum Gasteiger partial charge on any atom is 0.233 e. The minimum atomic E-state index is -0.204. The molecule has 2 aromatic carbocycles. The number of benzene rings is 2. The molecule has 0 bridgehead atoms. The van der Waals surface area contributed by atoms with Crippen molar-refractivity contribution in [2.45, 2.75) is 32.1 Å². The summed E-state index contributed by atoms with van der Waals surface area (Å²) in [5, 5.41) is 6.12. The van der Waals surface area contributed by atoms with E-state index in [0.717, 1.165) is 37.1 Å². The molecule has 1 saturated heterocycles. The number of carbonyl (C=O) groups excluding carboxylic acids is 3. The fraction of sp³-hybridized carbons (Fsp3) is 0.348. The maximum absolute atomic E-state index is 12.5. The first kappa shape index (κ1) is 19.2. The van der Waals surface area contributed by atoms with E-state index in [-0.39, 0.29) is 42.5 Å². The number of anilines is 3. The minimum absolute atomic E-state index is 0.0937. The fourth-order valence-electron chi connectivity index (χ4n) is 4.21. The summed E-state index contributed by atoms with van der Waals surface area (Å²) in [4.78, 5) is 38.5. The lowest BCUT2D eigenvalue weighted by molar-refractivity contribution is -0.140. The third kappa shape index (κ3) is 4.31. The Kier molecular flexibility index (Phi) is 5.60. The van der Waals surface area contributed by atoms with E-state index in [1.165, 1.54) is 4.90 Å². The average molecular weight is 391 g/mol. The predicted octanol–water partition coefficient (Wildman–Crippen LogP) is 3.93. The van der Waals surface area contributed by atoms with Crippen LogP contribution in [0.2, 0.25) is 0 Å². The monoisotopic (exact) mass is 391 g/mol. The molecular weight excluding hydrogens is 366 g/mol. The van der Waals surface area contributed by atoms with E-state index in [9.17, 15) is 14.4 Å². The van der Waals surface area contributed by atoms with Gasteiger partial charge in [0.25, 0.3) is 0 Å². The number of hydrogen-bond acceptors (Lipinski definition) is 4.